The molecular formula is C13H18BrClN2O. The van der Waals surface area contributed by atoms with Gasteiger partial charge in [0.05, 0.1) is 4.47 Å². The molecule has 0 aromatic carbocycles. The van der Waals surface area contributed by atoms with Crippen molar-refractivity contribution in [2.45, 2.75) is 45.1 Å². The van der Waals surface area contributed by atoms with Crippen LogP contribution in [0.15, 0.2) is 10.7 Å². The summed E-state index contributed by atoms with van der Waals surface area (Å²) in [5, 5.41) is 0.456. The van der Waals surface area contributed by atoms with Gasteiger partial charge in [0.25, 0.3) is 0 Å². The predicted octanol–water partition coefficient (Wildman–Crippen LogP) is 4.33. The van der Waals surface area contributed by atoms with E-state index in [1.165, 1.54) is 6.42 Å². The highest BCUT2D eigenvalue weighted by atomic mass is 79.9. The van der Waals surface area contributed by atoms with E-state index in [9.17, 15) is 0 Å². The zero-order valence-corrected chi connectivity index (χ0v) is 13.1. The van der Waals surface area contributed by atoms with Crippen LogP contribution >= 0.6 is 27.5 Å². The van der Waals surface area contributed by atoms with E-state index in [0.717, 1.165) is 29.6 Å². The third-order valence-electron chi connectivity index (χ3n) is 3.49. The van der Waals surface area contributed by atoms with Crippen LogP contribution in [0.3, 0.4) is 0 Å². The first-order chi connectivity index (χ1) is 8.57. The lowest BCUT2D eigenvalue weighted by atomic mass is 9.78. The molecule has 2 rings (SSSR count). The fourth-order valence-electron chi connectivity index (χ4n) is 2.74. The van der Waals surface area contributed by atoms with Crippen molar-refractivity contribution < 1.29 is 4.74 Å². The molecule has 1 aromatic rings. The minimum absolute atomic E-state index is 0.350. The largest absolute Gasteiger partial charge is 0.367 e. The van der Waals surface area contributed by atoms with E-state index >= 15 is 0 Å². The van der Waals surface area contributed by atoms with Crippen LogP contribution in [0, 0.1) is 5.92 Å². The van der Waals surface area contributed by atoms with Gasteiger partial charge >= 0.3 is 0 Å². The van der Waals surface area contributed by atoms with Gasteiger partial charge in [0, 0.05) is 12.8 Å². The maximum atomic E-state index is 6.08. The van der Waals surface area contributed by atoms with Gasteiger partial charge in [-0.2, -0.15) is 0 Å². The van der Waals surface area contributed by atoms with Crippen LogP contribution < -0.4 is 0 Å². The number of rotatable bonds is 3. The Hall–Kier alpha value is -0.190. The van der Waals surface area contributed by atoms with Crippen molar-refractivity contribution >= 4 is 27.5 Å². The maximum Gasteiger partial charge on any atom is 0.162 e. The minimum Gasteiger partial charge on any atom is -0.367 e. The molecule has 0 saturated heterocycles. The van der Waals surface area contributed by atoms with Gasteiger partial charge in [0.2, 0.25) is 0 Å². The lowest BCUT2D eigenvalue weighted by Crippen LogP contribution is -2.37. The number of aromatic nitrogens is 2. The van der Waals surface area contributed by atoms with Gasteiger partial charge in [0.15, 0.2) is 5.82 Å². The predicted molar refractivity (Wildman–Crippen MR) is 75.7 cm³/mol. The average Bonchev–Trinajstić information content (AvgIpc) is 2.33. The van der Waals surface area contributed by atoms with Crippen LogP contribution in [0.4, 0.5) is 0 Å². The van der Waals surface area contributed by atoms with Gasteiger partial charge < -0.3 is 4.74 Å². The lowest BCUT2D eigenvalue weighted by Gasteiger charge is -2.38. The highest BCUT2D eigenvalue weighted by Crippen LogP contribution is 2.42. The summed E-state index contributed by atoms with van der Waals surface area (Å²) < 4.78 is 6.75. The average molecular weight is 334 g/mol. The van der Waals surface area contributed by atoms with Crippen molar-refractivity contribution in [3.8, 4) is 0 Å². The Bertz CT molecular complexity index is 425. The van der Waals surface area contributed by atoms with E-state index in [2.05, 4.69) is 32.8 Å². The van der Waals surface area contributed by atoms with Gasteiger partial charge in [-0.3, -0.25) is 0 Å². The summed E-state index contributed by atoms with van der Waals surface area (Å²) in [4.78, 5) is 8.82. The van der Waals surface area contributed by atoms with Crippen LogP contribution in [0.2, 0.25) is 5.15 Å². The molecule has 1 saturated carbocycles. The van der Waals surface area contributed by atoms with Crippen molar-refractivity contribution in [3.05, 3.63) is 21.6 Å². The molecule has 1 fully saturated rings. The zero-order valence-electron chi connectivity index (χ0n) is 10.7. The first-order valence-electron chi connectivity index (χ1n) is 6.40. The first-order valence-corrected chi connectivity index (χ1v) is 7.57. The number of halogens is 2. The number of nitrogens with zero attached hydrogens (tertiary/aromatic N) is 2. The normalized spacial score (nSPS) is 28.3. The standard InChI is InChI=1S/C13H18BrClN2O/c1-3-18-13(6-4-5-9(2)7-13)12-16-8-10(14)11(15)17-12/h8-9H,3-7H2,1-2H3. The molecule has 0 spiro atoms. The third-order valence-corrected chi connectivity index (χ3v) is 4.58. The second kappa shape index (κ2) is 5.85. The van der Waals surface area contributed by atoms with Crippen LogP contribution in [0.1, 0.15) is 45.4 Å². The Kier molecular flexibility index (Phi) is 4.62. The molecule has 1 aliphatic rings. The van der Waals surface area contributed by atoms with Crippen LogP contribution in [0.25, 0.3) is 0 Å². The smallest absolute Gasteiger partial charge is 0.162 e. The highest BCUT2D eigenvalue weighted by molar-refractivity contribution is 9.10. The molecule has 1 heterocycles. The fraction of sp³-hybridized carbons (Fsp3) is 0.692. The zero-order chi connectivity index (χ0) is 13.2. The Morgan fingerprint density at radius 3 is 3.00 bits per heavy atom. The summed E-state index contributed by atoms with van der Waals surface area (Å²) in [6.07, 6.45) is 6.06. The molecule has 2 atom stereocenters. The second-order valence-corrected chi connectivity index (χ2v) is 6.17. The molecule has 0 aliphatic heterocycles. The molecule has 3 nitrogen and oxygen atoms in total. The summed E-state index contributed by atoms with van der Waals surface area (Å²) in [5.41, 5.74) is -0.350. The highest BCUT2D eigenvalue weighted by Gasteiger charge is 2.40. The molecule has 0 N–H and O–H groups in total. The SMILES string of the molecule is CCOC1(c2ncc(Br)c(Cl)n2)CCCC(C)C1. The Balaban J connectivity index is 2.36. The summed E-state index contributed by atoms with van der Waals surface area (Å²) >= 11 is 9.40. The van der Waals surface area contributed by atoms with Crippen LogP contribution in [-0.2, 0) is 10.3 Å². The van der Waals surface area contributed by atoms with E-state index < -0.39 is 0 Å². The molecule has 0 radical (unpaired) electrons. The van der Waals surface area contributed by atoms with Gasteiger partial charge in [-0.25, -0.2) is 9.97 Å². The van der Waals surface area contributed by atoms with Crippen LogP contribution in [0.5, 0.6) is 0 Å². The van der Waals surface area contributed by atoms with E-state index in [1.54, 1.807) is 6.20 Å². The fourth-order valence-corrected chi connectivity index (χ4v) is 3.06. The van der Waals surface area contributed by atoms with Gasteiger partial charge in [-0.05, 0) is 48.0 Å². The summed E-state index contributed by atoms with van der Waals surface area (Å²) in [6, 6.07) is 0. The Morgan fingerprint density at radius 2 is 2.39 bits per heavy atom. The van der Waals surface area contributed by atoms with Crippen molar-refractivity contribution in [1.82, 2.24) is 9.97 Å². The van der Waals surface area contributed by atoms with Gasteiger partial charge in [0.1, 0.15) is 10.8 Å². The lowest BCUT2D eigenvalue weighted by molar-refractivity contribution is -0.0881. The monoisotopic (exact) mass is 332 g/mol. The second-order valence-electron chi connectivity index (χ2n) is 4.96. The maximum absolute atomic E-state index is 6.08. The summed E-state index contributed by atoms with van der Waals surface area (Å²) in [5.74, 6) is 1.36. The molecule has 0 amide bonds. The van der Waals surface area contributed by atoms with Crippen LogP contribution in [-0.4, -0.2) is 16.6 Å². The molecule has 0 bridgehead atoms. The van der Waals surface area contributed by atoms with E-state index in [0.29, 0.717) is 17.7 Å². The number of ether oxygens (including phenoxy) is 1. The van der Waals surface area contributed by atoms with E-state index in [1.807, 2.05) is 6.92 Å². The first kappa shape index (κ1) is 14.2. The summed E-state index contributed by atoms with van der Waals surface area (Å²) in [6.45, 7) is 4.94. The van der Waals surface area contributed by atoms with Crippen molar-refractivity contribution in [2.24, 2.45) is 5.92 Å². The Labute approximate surface area is 121 Å². The molecule has 18 heavy (non-hydrogen) atoms. The van der Waals surface area contributed by atoms with Crippen molar-refractivity contribution in [1.29, 1.82) is 0 Å². The summed E-state index contributed by atoms with van der Waals surface area (Å²) in [7, 11) is 0. The third kappa shape index (κ3) is 2.86. The molecular weight excluding hydrogens is 316 g/mol. The molecule has 2 unspecified atom stereocenters. The number of hydrogen-bond acceptors (Lipinski definition) is 3. The van der Waals surface area contributed by atoms with E-state index in [4.69, 9.17) is 16.3 Å². The molecule has 1 aliphatic carbocycles. The topological polar surface area (TPSA) is 35.0 Å². The quantitative estimate of drug-likeness (QED) is 0.772. The number of hydrogen-bond donors (Lipinski definition) is 0. The Morgan fingerprint density at radius 1 is 1.61 bits per heavy atom. The van der Waals surface area contributed by atoms with Gasteiger partial charge in [-0.15, -0.1) is 0 Å². The molecule has 100 valence electrons. The van der Waals surface area contributed by atoms with Crippen molar-refractivity contribution in [3.63, 3.8) is 0 Å². The van der Waals surface area contributed by atoms with Crippen molar-refractivity contribution in [2.75, 3.05) is 6.61 Å². The molecule has 1 aromatic heterocycles. The molecule has 5 heteroatoms. The van der Waals surface area contributed by atoms with E-state index in [-0.39, 0.29) is 5.60 Å². The minimum atomic E-state index is -0.350. The van der Waals surface area contributed by atoms with Gasteiger partial charge in [-0.1, -0.05) is 24.9 Å².